The number of hydrogen-bond acceptors (Lipinski definition) is 7. The van der Waals surface area contributed by atoms with Crippen molar-refractivity contribution in [3.05, 3.63) is 41.5 Å². The third-order valence-corrected chi connectivity index (χ3v) is 4.63. The average molecular weight is 332 g/mol. The van der Waals surface area contributed by atoms with E-state index >= 15 is 0 Å². The summed E-state index contributed by atoms with van der Waals surface area (Å²) in [5.41, 5.74) is 6.51. The van der Waals surface area contributed by atoms with E-state index in [9.17, 15) is 15.2 Å². The number of aromatic nitrogens is 2. The number of hydrogen-bond donors (Lipinski definition) is 2. The van der Waals surface area contributed by atoms with Gasteiger partial charge in [-0.05, 0) is 11.8 Å². The summed E-state index contributed by atoms with van der Waals surface area (Å²) in [6, 6.07) is 10.8. The lowest BCUT2D eigenvalue weighted by atomic mass is 10.1. The van der Waals surface area contributed by atoms with Crippen molar-refractivity contribution in [2.45, 2.75) is 15.3 Å². The predicted molar refractivity (Wildman–Crippen MR) is 85.6 cm³/mol. The minimum Gasteiger partial charge on any atom is -0.480 e. The van der Waals surface area contributed by atoms with E-state index in [1.807, 2.05) is 12.1 Å². The van der Waals surface area contributed by atoms with Gasteiger partial charge in [0.1, 0.15) is 26.9 Å². The van der Waals surface area contributed by atoms with Gasteiger partial charge in [-0.25, -0.2) is 9.97 Å². The zero-order chi connectivity index (χ0) is 16.1. The van der Waals surface area contributed by atoms with E-state index in [4.69, 9.17) is 5.73 Å². The molecule has 0 unspecified atom stereocenters. The Bertz CT molecular complexity index is 732. The van der Waals surface area contributed by atoms with E-state index in [2.05, 4.69) is 9.97 Å². The van der Waals surface area contributed by atoms with Crippen LogP contribution in [0.4, 0.5) is 5.95 Å². The molecule has 22 heavy (non-hydrogen) atoms. The molecular weight excluding hydrogens is 320 g/mol. The highest BCUT2D eigenvalue weighted by atomic mass is 32.2. The zero-order valence-corrected chi connectivity index (χ0v) is 13.2. The van der Waals surface area contributed by atoms with E-state index in [0.29, 0.717) is 10.6 Å². The number of thioether (sulfide) groups is 2. The summed E-state index contributed by atoms with van der Waals surface area (Å²) in [6.45, 7) is 0. The second-order valence-corrected chi connectivity index (χ2v) is 6.02. The van der Waals surface area contributed by atoms with Crippen molar-refractivity contribution in [2.24, 2.45) is 0 Å². The van der Waals surface area contributed by atoms with E-state index in [1.165, 1.54) is 11.8 Å². The van der Waals surface area contributed by atoms with Gasteiger partial charge >= 0.3 is 5.97 Å². The molecule has 2 aromatic rings. The van der Waals surface area contributed by atoms with Crippen molar-refractivity contribution >= 4 is 35.4 Å². The van der Waals surface area contributed by atoms with Gasteiger partial charge in [0, 0.05) is 0 Å². The zero-order valence-electron chi connectivity index (χ0n) is 11.6. The average Bonchev–Trinajstić information content (AvgIpc) is 2.52. The molecule has 0 aliphatic carbocycles. The summed E-state index contributed by atoms with van der Waals surface area (Å²) in [5.74, 6) is -0.994. The molecule has 8 heteroatoms. The van der Waals surface area contributed by atoms with Gasteiger partial charge in [-0.15, -0.1) is 11.8 Å². The molecule has 3 N–H and O–H groups in total. The first kappa shape index (κ1) is 16.1. The Morgan fingerprint density at radius 2 is 1.95 bits per heavy atom. The maximum absolute atomic E-state index is 11.6. The molecule has 0 aliphatic rings. The largest absolute Gasteiger partial charge is 0.480 e. The highest BCUT2D eigenvalue weighted by molar-refractivity contribution is 8.00. The maximum atomic E-state index is 11.6. The van der Waals surface area contributed by atoms with Crippen LogP contribution < -0.4 is 5.73 Å². The van der Waals surface area contributed by atoms with Crippen molar-refractivity contribution in [1.29, 1.82) is 5.26 Å². The molecule has 0 saturated carbocycles. The SMILES string of the molecule is CSc1nc(N)nc(S[C@@H](C(=O)O)c2ccccc2)c1C#N. The second-order valence-electron chi connectivity index (χ2n) is 4.13. The predicted octanol–water partition coefficient (Wildman–Crippen LogP) is 2.57. The number of nitriles is 1. The minimum absolute atomic E-state index is 0.0167. The van der Waals surface area contributed by atoms with Crippen molar-refractivity contribution in [1.82, 2.24) is 9.97 Å². The Labute approximate surface area is 135 Å². The topological polar surface area (TPSA) is 113 Å². The normalized spacial score (nSPS) is 11.6. The lowest BCUT2D eigenvalue weighted by Gasteiger charge is -2.13. The fourth-order valence-electron chi connectivity index (χ4n) is 1.77. The molecular formula is C14H12N4O2S2. The Hall–Kier alpha value is -2.24. The first-order valence-electron chi connectivity index (χ1n) is 6.12. The van der Waals surface area contributed by atoms with Gasteiger partial charge in [-0.3, -0.25) is 4.79 Å². The lowest BCUT2D eigenvalue weighted by Crippen LogP contribution is -2.10. The van der Waals surface area contributed by atoms with Gasteiger partial charge in [-0.1, -0.05) is 42.1 Å². The third-order valence-electron chi connectivity index (χ3n) is 2.72. The molecule has 2 rings (SSSR count). The van der Waals surface area contributed by atoms with Crippen LogP contribution in [0.15, 0.2) is 40.4 Å². The fraction of sp³-hybridized carbons (Fsp3) is 0.143. The quantitative estimate of drug-likeness (QED) is 0.634. The van der Waals surface area contributed by atoms with Crippen LogP contribution in [0, 0.1) is 11.3 Å². The number of nitrogen functional groups attached to an aromatic ring is 1. The minimum atomic E-state index is -1.01. The van der Waals surface area contributed by atoms with E-state index in [1.54, 1.807) is 30.5 Å². The van der Waals surface area contributed by atoms with Crippen LogP contribution in [0.3, 0.4) is 0 Å². The molecule has 0 amide bonds. The highest BCUT2D eigenvalue weighted by Gasteiger charge is 2.25. The number of carboxylic acids is 1. The second kappa shape index (κ2) is 7.15. The first-order valence-corrected chi connectivity index (χ1v) is 8.23. The van der Waals surface area contributed by atoms with Crippen molar-refractivity contribution in [2.75, 3.05) is 12.0 Å². The highest BCUT2D eigenvalue weighted by Crippen LogP contribution is 2.38. The van der Waals surface area contributed by atoms with Crippen LogP contribution in [-0.4, -0.2) is 27.3 Å². The number of rotatable bonds is 5. The van der Waals surface area contributed by atoms with Gasteiger partial charge in [0.15, 0.2) is 0 Å². The molecule has 1 aromatic heterocycles. The number of nitrogens with two attached hydrogens (primary N) is 1. The number of nitrogens with zero attached hydrogens (tertiary/aromatic N) is 3. The molecule has 112 valence electrons. The Balaban J connectivity index is 2.46. The van der Waals surface area contributed by atoms with Gasteiger partial charge in [0.2, 0.25) is 5.95 Å². The van der Waals surface area contributed by atoms with Crippen LogP contribution >= 0.6 is 23.5 Å². The van der Waals surface area contributed by atoms with Crippen LogP contribution in [0.1, 0.15) is 16.4 Å². The maximum Gasteiger partial charge on any atom is 0.321 e. The smallest absolute Gasteiger partial charge is 0.321 e. The van der Waals surface area contributed by atoms with Gasteiger partial charge < -0.3 is 10.8 Å². The summed E-state index contributed by atoms with van der Waals surface area (Å²) in [4.78, 5) is 19.6. The molecule has 1 atom stereocenters. The fourth-order valence-corrected chi connectivity index (χ4v) is 3.39. The number of carboxylic acid groups (broad SMARTS) is 1. The van der Waals surface area contributed by atoms with Crippen LogP contribution in [0.25, 0.3) is 0 Å². The molecule has 1 heterocycles. The summed E-state index contributed by atoms with van der Waals surface area (Å²) in [7, 11) is 0. The van der Waals surface area contributed by atoms with Crippen molar-refractivity contribution in [3.63, 3.8) is 0 Å². The Kier molecular flexibility index (Phi) is 5.25. The van der Waals surface area contributed by atoms with Gasteiger partial charge in [0.05, 0.1) is 0 Å². The number of aliphatic carboxylic acids is 1. The third kappa shape index (κ3) is 3.50. The van der Waals surface area contributed by atoms with Crippen molar-refractivity contribution in [3.8, 4) is 6.07 Å². The summed E-state index contributed by atoms with van der Waals surface area (Å²) < 4.78 is 0. The molecule has 0 saturated heterocycles. The van der Waals surface area contributed by atoms with E-state index < -0.39 is 11.2 Å². The van der Waals surface area contributed by atoms with Crippen LogP contribution in [0.2, 0.25) is 0 Å². The molecule has 6 nitrogen and oxygen atoms in total. The lowest BCUT2D eigenvalue weighted by molar-refractivity contribution is -0.136. The first-order chi connectivity index (χ1) is 10.6. The Morgan fingerprint density at radius 1 is 1.32 bits per heavy atom. The summed E-state index contributed by atoms with van der Waals surface area (Å²) >= 11 is 2.24. The molecule has 0 fully saturated rings. The monoisotopic (exact) mass is 332 g/mol. The number of benzene rings is 1. The van der Waals surface area contributed by atoms with Crippen molar-refractivity contribution < 1.29 is 9.90 Å². The molecule has 0 bridgehead atoms. The Morgan fingerprint density at radius 3 is 2.50 bits per heavy atom. The van der Waals surface area contributed by atoms with Crippen LogP contribution in [-0.2, 0) is 4.79 Å². The summed E-state index contributed by atoms with van der Waals surface area (Å²) in [5, 5.41) is 18.6. The molecule has 0 spiro atoms. The van der Waals surface area contributed by atoms with Gasteiger partial charge in [0.25, 0.3) is 0 Å². The number of anilines is 1. The molecule has 0 aliphatic heterocycles. The van der Waals surface area contributed by atoms with E-state index in [-0.39, 0.29) is 16.5 Å². The molecule has 1 aromatic carbocycles. The summed E-state index contributed by atoms with van der Waals surface area (Å²) in [6.07, 6.45) is 1.77. The van der Waals surface area contributed by atoms with Gasteiger partial charge in [-0.2, -0.15) is 5.26 Å². The molecule has 0 radical (unpaired) electrons. The number of carbonyl (C=O) groups is 1. The van der Waals surface area contributed by atoms with E-state index in [0.717, 1.165) is 11.8 Å². The standard InChI is InChI=1S/C14H12N4O2S2/c1-21-11-9(7-15)12(18-14(16)17-11)22-10(13(19)20)8-5-3-2-4-6-8/h2-6,10H,1H3,(H,19,20)(H2,16,17,18)/t10-/m1/s1. The van der Waals surface area contributed by atoms with Crippen LogP contribution in [0.5, 0.6) is 0 Å².